The van der Waals surface area contributed by atoms with Crippen LogP contribution in [0.4, 0.5) is 0 Å². The number of aryl methyl sites for hydroxylation is 2. The summed E-state index contributed by atoms with van der Waals surface area (Å²) in [6.45, 7) is 3.59. The van der Waals surface area contributed by atoms with Crippen LogP contribution in [-0.4, -0.2) is 45.9 Å². The third-order valence-corrected chi connectivity index (χ3v) is 6.55. The first-order valence-electron chi connectivity index (χ1n) is 8.99. The Morgan fingerprint density at radius 2 is 2.17 bits per heavy atom. The molecule has 5 nitrogen and oxygen atoms in total. The highest BCUT2D eigenvalue weighted by Crippen LogP contribution is 2.32. The second kappa shape index (κ2) is 6.48. The number of amides is 1. The lowest BCUT2D eigenvalue weighted by Crippen LogP contribution is -2.43. The molecule has 6 heteroatoms. The zero-order valence-corrected chi connectivity index (χ0v) is 15.3. The number of rotatable bonds is 4. The van der Waals surface area contributed by atoms with Crippen molar-refractivity contribution in [3.8, 4) is 0 Å². The molecule has 1 atom stereocenters. The Kier molecular flexibility index (Phi) is 4.35. The van der Waals surface area contributed by atoms with Crippen LogP contribution in [0.1, 0.15) is 53.9 Å². The number of aromatic nitrogens is 2. The molecule has 1 saturated carbocycles. The molecule has 2 aromatic heterocycles. The predicted molar refractivity (Wildman–Crippen MR) is 95.6 cm³/mol. The normalized spacial score (nSPS) is 21.8. The molecular formula is C18H25N3O2S. The van der Waals surface area contributed by atoms with Gasteiger partial charge in [-0.15, -0.1) is 11.3 Å². The fourth-order valence-corrected chi connectivity index (χ4v) is 5.15. The molecule has 3 heterocycles. The van der Waals surface area contributed by atoms with E-state index in [-0.39, 0.29) is 12.0 Å². The molecule has 0 radical (unpaired) electrons. The van der Waals surface area contributed by atoms with Crippen LogP contribution >= 0.6 is 11.3 Å². The summed E-state index contributed by atoms with van der Waals surface area (Å²) in [6.07, 6.45) is 7.13. The van der Waals surface area contributed by atoms with E-state index in [2.05, 4.69) is 10.00 Å². The Morgan fingerprint density at radius 3 is 2.83 bits per heavy atom. The largest absolute Gasteiger partial charge is 0.376 e. The molecule has 1 aliphatic carbocycles. The smallest absolute Gasteiger partial charge is 0.264 e. The highest BCUT2D eigenvalue weighted by molar-refractivity contribution is 7.20. The summed E-state index contributed by atoms with van der Waals surface area (Å²) in [7, 11) is 1.95. The summed E-state index contributed by atoms with van der Waals surface area (Å²) >= 11 is 1.57. The standard InChI is InChI=1S/C18H25N3O2S/c1-12-15-10-16(24-18(15)20(2)19-12)17(22)21(13-6-3-4-7-13)11-14-8-5-9-23-14/h10,13-14H,3-9,11H2,1-2H3/t14-/m1/s1. The molecule has 1 saturated heterocycles. The third kappa shape index (κ3) is 2.86. The third-order valence-electron chi connectivity index (χ3n) is 5.36. The Morgan fingerprint density at radius 1 is 1.38 bits per heavy atom. The van der Waals surface area contributed by atoms with Crippen molar-refractivity contribution in [2.24, 2.45) is 7.05 Å². The molecule has 24 heavy (non-hydrogen) atoms. The summed E-state index contributed by atoms with van der Waals surface area (Å²) in [5.41, 5.74) is 0.995. The topological polar surface area (TPSA) is 47.4 Å². The van der Waals surface area contributed by atoms with Crippen molar-refractivity contribution in [1.29, 1.82) is 0 Å². The van der Waals surface area contributed by atoms with Crippen molar-refractivity contribution in [1.82, 2.24) is 14.7 Å². The number of carbonyl (C=O) groups excluding carboxylic acids is 1. The predicted octanol–water partition coefficient (Wildman–Crippen LogP) is 3.51. The molecule has 0 spiro atoms. The van der Waals surface area contributed by atoms with Gasteiger partial charge in [0.2, 0.25) is 0 Å². The average molecular weight is 347 g/mol. The summed E-state index contributed by atoms with van der Waals surface area (Å²) in [4.78, 5) is 17.3. The Labute approximate surface area is 146 Å². The van der Waals surface area contributed by atoms with Gasteiger partial charge < -0.3 is 9.64 Å². The van der Waals surface area contributed by atoms with Crippen molar-refractivity contribution in [2.45, 2.75) is 57.6 Å². The van der Waals surface area contributed by atoms with Crippen LogP contribution in [0.3, 0.4) is 0 Å². The number of carbonyl (C=O) groups is 1. The maximum absolute atomic E-state index is 13.3. The fraction of sp³-hybridized carbons (Fsp3) is 0.667. The molecule has 1 aliphatic heterocycles. The molecule has 0 N–H and O–H groups in total. The number of thiophene rings is 1. The minimum Gasteiger partial charge on any atom is -0.376 e. The minimum absolute atomic E-state index is 0.179. The van der Waals surface area contributed by atoms with Crippen molar-refractivity contribution in [3.63, 3.8) is 0 Å². The van der Waals surface area contributed by atoms with Crippen LogP contribution in [-0.2, 0) is 11.8 Å². The second-order valence-electron chi connectivity index (χ2n) is 7.07. The van der Waals surface area contributed by atoms with Crippen molar-refractivity contribution in [2.75, 3.05) is 13.2 Å². The van der Waals surface area contributed by atoms with Gasteiger partial charge in [0.15, 0.2) is 0 Å². The van der Waals surface area contributed by atoms with Gasteiger partial charge >= 0.3 is 0 Å². The van der Waals surface area contributed by atoms with Gasteiger partial charge in [-0.3, -0.25) is 9.48 Å². The van der Waals surface area contributed by atoms with Crippen LogP contribution in [0.2, 0.25) is 0 Å². The first kappa shape index (κ1) is 16.1. The number of hydrogen-bond acceptors (Lipinski definition) is 4. The van der Waals surface area contributed by atoms with E-state index < -0.39 is 0 Å². The van der Waals surface area contributed by atoms with Gasteiger partial charge in [-0.05, 0) is 38.7 Å². The summed E-state index contributed by atoms with van der Waals surface area (Å²) in [6, 6.07) is 2.41. The lowest BCUT2D eigenvalue weighted by atomic mass is 10.1. The minimum atomic E-state index is 0.179. The lowest BCUT2D eigenvalue weighted by molar-refractivity contribution is 0.0424. The van der Waals surface area contributed by atoms with Crippen molar-refractivity contribution in [3.05, 3.63) is 16.6 Å². The van der Waals surface area contributed by atoms with E-state index >= 15 is 0 Å². The number of nitrogens with zero attached hydrogens (tertiary/aromatic N) is 3. The Balaban J connectivity index is 1.61. The highest BCUT2D eigenvalue weighted by atomic mass is 32.1. The fourth-order valence-electron chi connectivity index (χ4n) is 4.07. The van der Waals surface area contributed by atoms with Crippen LogP contribution < -0.4 is 0 Å². The van der Waals surface area contributed by atoms with Crippen molar-refractivity contribution < 1.29 is 9.53 Å². The Bertz CT molecular complexity index is 704. The maximum Gasteiger partial charge on any atom is 0.264 e. The summed E-state index contributed by atoms with van der Waals surface area (Å²) in [5.74, 6) is 0.179. The van der Waals surface area contributed by atoms with E-state index in [0.717, 1.165) is 59.6 Å². The zero-order chi connectivity index (χ0) is 16.7. The monoisotopic (exact) mass is 347 g/mol. The van der Waals surface area contributed by atoms with E-state index in [1.54, 1.807) is 11.3 Å². The van der Waals surface area contributed by atoms with Gasteiger partial charge in [-0.1, -0.05) is 12.8 Å². The van der Waals surface area contributed by atoms with Gasteiger partial charge in [0, 0.05) is 31.6 Å². The van der Waals surface area contributed by atoms with Gasteiger partial charge in [-0.2, -0.15) is 5.10 Å². The molecule has 0 bridgehead atoms. The summed E-state index contributed by atoms with van der Waals surface area (Å²) < 4.78 is 7.69. The van der Waals surface area contributed by atoms with Crippen molar-refractivity contribution >= 4 is 27.5 Å². The second-order valence-corrected chi connectivity index (χ2v) is 8.10. The van der Waals surface area contributed by atoms with Gasteiger partial charge in [0.1, 0.15) is 4.83 Å². The molecule has 0 aromatic carbocycles. The summed E-state index contributed by atoms with van der Waals surface area (Å²) in [5, 5.41) is 5.54. The first-order chi connectivity index (χ1) is 11.6. The van der Waals surface area contributed by atoms with Crippen LogP contribution in [0.15, 0.2) is 6.07 Å². The molecule has 0 unspecified atom stereocenters. The number of hydrogen-bond donors (Lipinski definition) is 0. The quantitative estimate of drug-likeness (QED) is 0.850. The van der Waals surface area contributed by atoms with Crippen LogP contribution in [0.25, 0.3) is 10.2 Å². The molecule has 2 aromatic rings. The average Bonchev–Trinajstić information content (AvgIpc) is 3.34. The molecule has 130 valence electrons. The van der Waals surface area contributed by atoms with E-state index in [0.29, 0.717) is 6.04 Å². The zero-order valence-electron chi connectivity index (χ0n) is 14.5. The lowest BCUT2D eigenvalue weighted by Gasteiger charge is -2.30. The van der Waals surface area contributed by atoms with Gasteiger partial charge in [0.05, 0.1) is 16.7 Å². The highest BCUT2D eigenvalue weighted by Gasteiger charge is 2.32. The molecule has 2 fully saturated rings. The van der Waals surface area contributed by atoms with E-state index in [1.807, 2.05) is 24.7 Å². The van der Waals surface area contributed by atoms with Gasteiger partial charge in [-0.25, -0.2) is 0 Å². The van der Waals surface area contributed by atoms with E-state index in [4.69, 9.17) is 4.74 Å². The molecule has 1 amide bonds. The number of ether oxygens (including phenoxy) is 1. The molecular weight excluding hydrogens is 322 g/mol. The maximum atomic E-state index is 13.3. The van der Waals surface area contributed by atoms with E-state index in [1.165, 1.54) is 12.8 Å². The molecule has 4 rings (SSSR count). The van der Waals surface area contributed by atoms with Crippen LogP contribution in [0.5, 0.6) is 0 Å². The van der Waals surface area contributed by atoms with Crippen LogP contribution in [0, 0.1) is 6.92 Å². The Hall–Kier alpha value is -1.40. The SMILES string of the molecule is Cc1nn(C)c2sc(C(=O)N(C[C@H]3CCCO3)C3CCCC3)cc12. The molecule has 2 aliphatic rings. The van der Waals surface area contributed by atoms with Gasteiger partial charge in [0.25, 0.3) is 5.91 Å². The first-order valence-corrected chi connectivity index (χ1v) is 9.81. The van der Waals surface area contributed by atoms with E-state index in [9.17, 15) is 4.79 Å². The number of fused-ring (bicyclic) bond motifs is 1.